The number of hydrogen-bond acceptors (Lipinski definition) is 5. The zero-order valence-electron chi connectivity index (χ0n) is 14.7. The van der Waals surface area contributed by atoms with Crippen LogP contribution in [0.1, 0.15) is 33.2 Å². The van der Waals surface area contributed by atoms with Gasteiger partial charge < -0.3 is 9.64 Å². The Bertz CT molecular complexity index is 805. The molecular formula is C19H20N2O5. The number of esters is 1. The molecule has 0 atom stereocenters. The number of ether oxygens (including phenoxy) is 1. The van der Waals surface area contributed by atoms with Gasteiger partial charge in [-0.2, -0.15) is 0 Å². The third kappa shape index (κ3) is 4.66. The third-order valence-corrected chi connectivity index (χ3v) is 3.98. The van der Waals surface area contributed by atoms with E-state index in [2.05, 4.69) is 4.74 Å². The van der Waals surface area contributed by atoms with Crippen LogP contribution in [0.3, 0.4) is 0 Å². The van der Waals surface area contributed by atoms with Crippen LogP contribution in [0.4, 0.5) is 5.69 Å². The fourth-order valence-corrected chi connectivity index (χ4v) is 2.57. The molecule has 0 heterocycles. The first-order chi connectivity index (χ1) is 12.5. The van der Waals surface area contributed by atoms with E-state index >= 15 is 0 Å². The Labute approximate surface area is 151 Å². The quantitative estimate of drug-likeness (QED) is 0.432. The maximum absolute atomic E-state index is 12.8. The topological polar surface area (TPSA) is 89.8 Å². The van der Waals surface area contributed by atoms with Gasteiger partial charge in [0.25, 0.3) is 11.6 Å². The van der Waals surface area contributed by atoms with Crippen LogP contribution >= 0.6 is 0 Å². The SMILES string of the molecule is CCN(CCc1ccccc1)C(=O)c1cc(C(=O)OC)cc([N+](=O)[O-])c1. The van der Waals surface area contributed by atoms with Crippen molar-refractivity contribution in [3.05, 3.63) is 75.3 Å². The summed E-state index contributed by atoms with van der Waals surface area (Å²) in [6.45, 7) is 2.75. The van der Waals surface area contributed by atoms with E-state index in [1.54, 1.807) is 4.90 Å². The molecule has 1 amide bonds. The van der Waals surface area contributed by atoms with Crippen LogP contribution in [0.15, 0.2) is 48.5 Å². The van der Waals surface area contributed by atoms with Gasteiger partial charge in [-0.1, -0.05) is 30.3 Å². The zero-order chi connectivity index (χ0) is 19.1. The van der Waals surface area contributed by atoms with E-state index < -0.39 is 10.9 Å². The van der Waals surface area contributed by atoms with E-state index in [9.17, 15) is 19.7 Å². The molecule has 2 aromatic carbocycles. The second-order valence-corrected chi connectivity index (χ2v) is 5.64. The molecule has 0 bridgehead atoms. The highest BCUT2D eigenvalue weighted by Crippen LogP contribution is 2.19. The predicted octanol–water partition coefficient (Wildman–Crippen LogP) is 3.09. The van der Waals surface area contributed by atoms with Crippen LogP contribution in [-0.4, -0.2) is 41.9 Å². The molecule has 0 radical (unpaired) electrons. The molecule has 2 rings (SSSR count). The summed E-state index contributed by atoms with van der Waals surface area (Å²) in [6, 6.07) is 13.3. The molecule has 0 aliphatic carbocycles. The summed E-state index contributed by atoms with van der Waals surface area (Å²) >= 11 is 0. The van der Waals surface area contributed by atoms with Crippen LogP contribution in [-0.2, 0) is 11.2 Å². The van der Waals surface area contributed by atoms with Crippen molar-refractivity contribution >= 4 is 17.6 Å². The van der Waals surface area contributed by atoms with Gasteiger partial charge in [0.15, 0.2) is 0 Å². The number of amides is 1. The molecule has 0 N–H and O–H groups in total. The standard InChI is InChI=1S/C19H20N2O5/c1-3-20(10-9-14-7-5-4-6-8-14)18(22)15-11-16(19(23)26-2)13-17(12-15)21(24)25/h4-8,11-13H,3,9-10H2,1-2H3. The van der Waals surface area contributed by atoms with Gasteiger partial charge >= 0.3 is 5.97 Å². The molecule has 0 spiro atoms. The van der Waals surface area contributed by atoms with Crippen molar-refractivity contribution in [1.82, 2.24) is 4.90 Å². The van der Waals surface area contributed by atoms with Gasteiger partial charge in [0.2, 0.25) is 0 Å². The second kappa shape index (κ2) is 8.75. The first kappa shape index (κ1) is 19.1. The number of nitro groups is 1. The lowest BCUT2D eigenvalue weighted by atomic mass is 10.1. The Hall–Kier alpha value is -3.22. The van der Waals surface area contributed by atoms with Gasteiger partial charge in [-0.25, -0.2) is 4.79 Å². The van der Waals surface area contributed by atoms with Crippen LogP contribution < -0.4 is 0 Å². The van der Waals surface area contributed by atoms with Crippen molar-refractivity contribution in [3.8, 4) is 0 Å². The Kier molecular flexibility index (Phi) is 6.43. The average molecular weight is 356 g/mol. The highest BCUT2D eigenvalue weighted by atomic mass is 16.6. The fourth-order valence-electron chi connectivity index (χ4n) is 2.57. The van der Waals surface area contributed by atoms with Crippen LogP contribution in [0.5, 0.6) is 0 Å². The summed E-state index contributed by atoms with van der Waals surface area (Å²) in [6.07, 6.45) is 0.666. The molecule has 0 saturated carbocycles. The van der Waals surface area contributed by atoms with Crippen LogP contribution in [0.2, 0.25) is 0 Å². The summed E-state index contributed by atoms with van der Waals surface area (Å²) < 4.78 is 4.61. The van der Waals surface area contributed by atoms with E-state index in [0.717, 1.165) is 11.6 Å². The van der Waals surface area contributed by atoms with E-state index in [-0.39, 0.29) is 22.7 Å². The molecule has 26 heavy (non-hydrogen) atoms. The van der Waals surface area contributed by atoms with E-state index in [4.69, 9.17) is 0 Å². The summed E-state index contributed by atoms with van der Waals surface area (Å²) in [5, 5.41) is 11.1. The lowest BCUT2D eigenvalue weighted by Crippen LogP contribution is -2.33. The largest absolute Gasteiger partial charge is 0.465 e. The minimum absolute atomic E-state index is 0.0239. The Morgan fingerprint density at radius 3 is 2.35 bits per heavy atom. The number of nitrogens with zero attached hydrogens (tertiary/aromatic N) is 2. The smallest absolute Gasteiger partial charge is 0.338 e. The van der Waals surface area contributed by atoms with Crippen molar-refractivity contribution in [1.29, 1.82) is 0 Å². The number of rotatable bonds is 7. The Morgan fingerprint density at radius 2 is 1.77 bits per heavy atom. The Morgan fingerprint density at radius 1 is 1.12 bits per heavy atom. The second-order valence-electron chi connectivity index (χ2n) is 5.64. The van der Waals surface area contributed by atoms with Crippen LogP contribution in [0.25, 0.3) is 0 Å². The van der Waals surface area contributed by atoms with Gasteiger partial charge in [0.05, 0.1) is 17.6 Å². The molecule has 0 aliphatic heterocycles. The van der Waals surface area contributed by atoms with Gasteiger partial charge in [-0.15, -0.1) is 0 Å². The molecule has 2 aromatic rings. The van der Waals surface area contributed by atoms with Crippen LogP contribution in [0, 0.1) is 10.1 Å². The van der Waals surface area contributed by atoms with Crippen molar-refractivity contribution < 1.29 is 19.2 Å². The van der Waals surface area contributed by atoms with Crippen molar-refractivity contribution in [2.24, 2.45) is 0 Å². The Balaban J connectivity index is 2.26. The predicted molar refractivity (Wildman–Crippen MR) is 96.2 cm³/mol. The fraction of sp³-hybridized carbons (Fsp3) is 0.263. The molecular weight excluding hydrogens is 336 g/mol. The minimum Gasteiger partial charge on any atom is -0.465 e. The van der Waals surface area contributed by atoms with Gasteiger partial charge in [-0.05, 0) is 25.0 Å². The van der Waals surface area contributed by atoms with Crippen molar-refractivity contribution in [3.63, 3.8) is 0 Å². The first-order valence-electron chi connectivity index (χ1n) is 8.17. The number of methoxy groups -OCH3 is 1. The molecule has 0 fully saturated rings. The highest BCUT2D eigenvalue weighted by Gasteiger charge is 2.21. The van der Waals surface area contributed by atoms with Gasteiger partial charge in [0, 0.05) is 30.8 Å². The number of nitro benzene ring substituents is 1. The number of carbonyl (C=O) groups is 2. The maximum atomic E-state index is 12.8. The lowest BCUT2D eigenvalue weighted by molar-refractivity contribution is -0.384. The lowest BCUT2D eigenvalue weighted by Gasteiger charge is -2.21. The number of non-ortho nitro benzene ring substituents is 1. The van der Waals surface area contributed by atoms with E-state index in [1.165, 1.54) is 19.2 Å². The van der Waals surface area contributed by atoms with E-state index in [1.807, 2.05) is 37.3 Å². The maximum Gasteiger partial charge on any atom is 0.338 e. The molecule has 0 aromatic heterocycles. The summed E-state index contributed by atoms with van der Waals surface area (Å²) in [7, 11) is 1.18. The molecule has 136 valence electrons. The third-order valence-electron chi connectivity index (χ3n) is 3.98. The summed E-state index contributed by atoms with van der Waals surface area (Å²) in [5.41, 5.74) is 0.835. The number of carbonyl (C=O) groups excluding carboxylic acids is 2. The molecule has 0 saturated heterocycles. The average Bonchev–Trinajstić information content (AvgIpc) is 2.68. The number of hydrogen-bond donors (Lipinski definition) is 0. The molecule has 7 heteroatoms. The number of likely N-dealkylation sites (N-methyl/N-ethyl adjacent to an activating group) is 1. The van der Waals surface area contributed by atoms with Crippen molar-refractivity contribution in [2.75, 3.05) is 20.2 Å². The summed E-state index contributed by atoms with van der Waals surface area (Å²) in [5.74, 6) is -1.09. The molecule has 7 nitrogen and oxygen atoms in total. The van der Waals surface area contributed by atoms with Gasteiger partial charge in [0.1, 0.15) is 0 Å². The normalized spacial score (nSPS) is 10.2. The zero-order valence-corrected chi connectivity index (χ0v) is 14.7. The minimum atomic E-state index is -0.727. The summed E-state index contributed by atoms with van der Waals surface area (Å²) in [4.78, 5) is 36.6. The van der Waals surface area contributed by atoms with Gasteiger partial charge in [-0.3, -0.25) is 14.9 Å². The monoisotopic (exact) mass is 356 g/mol. The first-order valence-corrected chi connectivity index (χ1v) is 8.17. The van der Waals surface area contributed by atoms with Crippen molar-refractivity contribution in [2.45, 2.75) is 13.3 Å². The molecule has 0 unspecified atom stereocenters. The molecule has 0 aliphatic rings. The number of benzene rings is 2. The highest BCUT2D eigenvalue weighted by molar-refractivity contribution is 5.99. The van der Waals surface area contributed by atoms with E-state index in [0.29, 0.717) is 19.5 Å².